The maximum atomic E-state index is 14.5. The van der Waals surface area contributed by atoms with Gasteiger partial charge in [0.05, 0.1) is 49.1 Å². The predicted molar refractivity (Wildman–Crippen MR) is 208 cm³/mol. The molecule has 58 heavy (non-hydrogen) atoms. The number of nitrogens with one attached hydrogen (secondary N) is 2. The second-order valence-corrected chi connectivity index (χ2v) is 17.0. The molecule has 4 aliphatic heterocycles. The number of nitrogens with zero attached hydrogens (tertiary/aromatic N) is 2. The number of hydroxylamine groups is 1. The summed E-state index contributed by atoms with van der Waals surface area (Å²) in [6.45, 7) is 14.2. The summed E-state index contributed by atoms with van der Waals surface area (Å²) in [5.41, 5.74) is 0.255. The average molecular weight is 819 g/mol. The summed E-state index contributed by atoms with van der Waals surface area (Å²) in [6.07, 6.45) is -4.83. The van der Waals surface area contributed by atoms with Crippen LogP contribution in [0.2, 0.25) is 0 Å². The SMILES string of the molecule is CC[C@H]1OC(=O)[C@H](C)[C@H]2OC/C(=N\OCc3ccc(C(=O)NO)cc3)CO[C@](C)(C[C@@H](C)C(=O)[C@H](C)[C@H]3NC(=O)O[C@@]31C)[C@H](O[C@@H]1O[C@H](C)C[C@H](N(C)C)[C@H]1O)[C@H]2C. The first-order valence-electron chi connectivity index (χ1n) is 20.2. The highest BCUT2D eigenvalue weighted by molar-refractivity contribution is 5.93. The van der Waals surface area contributed by atoms with Gasteiger partial charge in [-0.25, -0.2) is 10.3 Å². The Kier molecular flexibility index (Phi) is 14.6. The number of amides is 2. The summed E-state index contributed by atoms with van der Waals surface area (Å²) in [7, 11) is 3.77. The van der Waals surface area contributed by atoms with E-state index in [4.69, 9.17) is 38.5 Å². The number of fused-ring (bicyclic) bond motifs is 4. The fourth-order valence-corrected chi connectivity index (χ4v) is 9.11. The number of carbonyl (C=O) groups excluding carboxylic acids is 4. The number of cyclic esters (lactones) is 1. The first kappa shape index (κ1) is 45.4. The van der Waals surface area contributed by atoms with Crippen LogP contribution in [0.3, 0.4) is 0 Å². The molecule has 0 radical (unpaired) electrons. The van der Waals surface area contributed by atoms with Crippen LogP contribution in [0.5, 0.6) is 0 Å². The van der Waals surface area contributed by atoms with Crippen LogP contribution in [0.1, 0.15) is 90.6 Å². The zero-order chi connectivity index (χ0) is 42.7. The van der Waals surface area contributed by atoms with Crippen molar-refractivity contribution in [3.05, 3.63) is 35.4 Å². The van der Waals surface area contributed by atoms with E-state index < -0.39 is 89.6 Å². The fraction of sp³-hybridized carbons (Fsp3) is 0.732. The number of aliphatic hydroxyl groups excluding tert-OH is 1. The van der Waals surface area contributed by atoms with E-state index in [1.54, 1.807) is 45.3 Å². The van der Waals surface area contributed by atoms with Crippen molar-refractivity contribution in [3.8, 4) is 0 Å². The van der Waals surface area contributed by atoms with Crippen LogP contribution in [0, 0.1) is 23.7 Å². The molecule has 2 bridgehead atoms. The van der Waals surface area contributed by atoms with Crippen LogP contribution < -0.4 is 10.8 Å². The van der Waals surface area contributed by atoms with Crippen molar-refractivity contribution in [2.75, 3.05) is 27.3 Å². The normalized spacial score (nSPS) is 39.7. The molecule has 4 saturated heterocycles. The topological polar surface area (TPSA) is 213 Å². The van der Waals surface area contributed by atoms with Crippen LogP contribution >= 0.6 is 0 Å². The first-order valence-corrected chi connectivity index (χ1v) is 20.2. The minimum absolute atomic E-state index is 0.0264. The summed E-state index contributed by atoms with van der Waals surface area (Å²) in [5.74, 6) is -4.38. The number of ether oxygens (including phenoxy) is 6. The molecule has 0 aromatic heterocycles. The van der Waals surface area contributed by atoms with Crippen molar-refractivity contribution < 1.29 is 62.8 Å². The number of carbonyl (C=O) groups is 4. The van der Waals surface area contributed by atoms with Crippen LogP contribution in [0.15, 0.2) is 29.4 Å². The molecule has 0 saturated carbocycles. The second-order valence-electron chi connectivity index (χ2n) is 17.0. The van der Waals surface area contributed by atoms with Crippen LogP contribution in [0.4, 0.5) is 4.79 Å². The van der Waals surface area contributed by atoms with Gasteiger partial charge >= 0.3 is 12.1 Å². The Bertz CT molecular complexity index is 1660. The molecule has 324 valence electrons. The van der Waals surface area contributed by atoms with Crippen molar-refractivity contribution in [2.45, 2.75) is 141 Å². The molecule has 0 aliphatic carbocycles. The monoisotopic (exact) mass is 818 g/mol. The van der Waals surface area contributed by atoms with E-state index in [1.807, 2.05) is 46.7 Å². The Hall–Kier alpha value is -3.71. The number of benzene rings is 1. The van der Waals surface area contributed by atoms with Crippen LogP contribution in [-0.4, -0.2) is 132 Å². The number of aliphatic hydroxyl groups is 1. The molecule has 5 rings (SSSR count). The number of alkyl carbamates (subject to hydrolysis) is 1. The molecule has 0 unspecified atom stereocenters. The minimum Gasteiger partial charge on any atom is -0.458 e. The molecule has 4 aliphatic rings. The number of oxime groups is 1. The smallest absolute Gasteiger partial charge is 0.408 e. The Labute approximate surface area is 340 Å². The molecular formula is C41H62N4O13. The summed E-state index contributed by atoms with van der Waals surface area (Å²) >= 11 is 0. The molecule has 17 nitrogen and oxygen atoms in total. The summed E-state index contributed by atoms with van der Waals surface area (Å²) in [5, 5.41) is 27.8. The largest absolute Gasteiger partial charge is 0.458 e. The lowest BCUT2D eigenvalue weighted by molar-refractivity contribution is -0.302. The molecule has 4 heterocycles. The van der Waals surface area contributed by atoms with Crippen molar-refractivity contribution >= 4 is 29.5 Å². The van der Waals surface area contributed by atoms with E-state index in [1.165, 1.54) is 12.1 Å². The van der Waals surface area contributed by atoms with Gasteiger partial charge in [-0.05, 0) is 78.7 Å². The summed E-state index contributed by atoms with van der Waals surface area (Å²) in [6, 6.07) is 5.31. The van der Waals surface area contributed by atoms with E-state index in [0.717, 1.165) is 0 Å². The number of ketones is 1. The molecule has 0 spiro atoms. The predicted octanol–water partition coefficient (Wildman–Crippen LogP) is 3.37. The van der Waals surface area contributed by atoms with E-state index in [9.17, 15) is 24.3 Å². The van der Waals surface area contributed by atoms with Crippen molar-refractivity contribution in [1.29, 1.82) is 0 Å². The number of likely N-dealkylation sites (N-methyl/N-ethyl adjacent to an activating group) is 1. The minimum atomic E-state index is -1.35. The standard InChI is InChI=1S/C41H62N4O13/c1-11-30-41(8)34(42-39(50)58-41)23(4)31(46)21(2)17-40(7)35(57-38-32(47)29(45(9)10)16-22(3)55-38)24(5)33(25(6)37(49)56-30)52-19-28(20-53-40)44-54-18-26-12-14-27(15-13-26)36(48)43-51/h12-15,21-25,29-30,32-35,38,47,51H,11,16-20H2,1-10H3,(H,42,50)(H,43,48)/b44-28+/t21-,22-,23+,24+,25-,29+,30-,32-,33+,34-,35-,38+,40-,41-/m1/s1. The van der Waals surface area contributed by atoms with Gasteiger partial charge in [-0.3, -0.25) is 19.6 Å². The number of hydrogen-bond acceptors (Lipinski definition) is 15. The molecule has 14 atom stereocenters. The third-order valence-corrected chi connectivity index (χ3v) is 12.4. The number of rotatable bonds is 8. The highest BCUT2D eigenvalue weighted by Crippen LogP contribution is 2.42. The maximum absolute atomic E-state index is 14.5. The Morgan fingerprint density at radius 1 is 1.05 bits per heavy atom. The van der Waals surface area contributed by atoms with Gasteiger partial charge in [0, 0.05) is 29.4 Å². The van der Waals surface area contributed by atoms with E-state index in [2.05, 4.69) is 10.5 Å². The van der Waals surface area contributed by atoms with Gasteiger partial charge < -0.3 is 48.6 Å². The van der Waals surface area contributed by atoms with E-state index in [-0.39, 0.29) is 49.7 Å². The summed E-state index contributed by atoms with van der Waals surface area (Å²) < 4.78 is 38.6. The van der Waals surface area contributed by atoms with Gasteiger partial charge in [0.1, 0.15) is 30.3 Å². The quantitative estimate of drug-likeness (QED) is 0.168. The number of esters is 1. The third kappa shape index (κ3) is 9.67. The Balaban J connectivity index is 1.57. The van der Waals surface area contributed by atoms with Gasteiger partial charge in [-0.1, -0.05) is 45.0 Å². The zero-order valence-electron chi connectivity index (χ0n) is 35.3. The molecule has 1 aromatic carbocycles. The first-order chi connectivity index (χ1) is 27.3. The van der Waals surface area contributed by atoms with Gasteiger partial charge in [-0.15, -0.1) is 0 Å². The highest BCUT2D eigenvalue weighted by atomic mass is 16.7. The third-order valence-electron chi connectivity index (χ3n) is 12.4. The van der Waals surface area contributed by atoms with Gasteiger partial charge in [0.15, 0.2) is 11.9 Å². The molecular weight excluding hydrogens is 756 g/mol. The Morgan fingerprint density at radius 3 is 2.38 bits per heavy atom. The molecule has 17 heteroatoms. The lowest BCUT2D eigenvalue weighted by Gasteiger charge is -2.48. The number of hydrogen-bond donors (Lipinski definition) is 4. The van der Waals surface area contributed by atoms with Crippen LogP contribution in [0.25, 0.3) is 0 Å². The van der Waals surface area contributed by atoms with E-state index in [0.29, 0.717) is 24.1 Å². The fourth-order valence-electron chi connectivity index (χ4n) is 9.11. The van der Waals surface area contributed by atoms with Crippen LogP contribution in [-0.2, 0) is 49.5 Å². The lowest BCUT2D eigenvalue weighted by Crippen LogP contribution is -2.60. The van der Waals surface area contributed by atoms with E-state index >= 15 is 0 Å². The molecule has 2 amide bonds. The maximum Gasteiger partial charge on any atom is 0.408 e. The highest BCUT2D eigenvalue weighted by Gasteiger charge is 2.57. The molecule has 1 aromatic rings. The zero-order valence-corrected chi connectivity index (χ0v) is 35.3. The van der Waals surface area contributed by atoms with Gasteiger partial charge in [0.2, 0.25) is 0 Å². The second kappa shape index (κ2) is 18.7. The van der Waals surface area contributed by atoms with Crippen molar-refractivity contribution in [1.82, 2.24) is 15.7 Å². The van der Waals surface area contributed by atoms with Crippen molar-refractivity contribution in [2.24, 2.45) is 28.8 Å². The lowest BCUT2D eigenvalue weighted by atomic mass is 9.73. The summed E-state index contributed by atoms with van der Waals surface area (Å²) in [4.78, 5) is 61.0. The molecule has 4 fully saturated rings. The number of Topliss-reactive ketones (excluding diaryl/α,β-unsaturated/α-hetero) is 1. The van der Waals surface area contributed by atoms with Gasteiger partial charge in [-0.2, -0.15) is 0 Å². The van der Waals surface area contributed by atoms with Crippen molar-refractivity contribution in [3.63, 3.8) is 0 Å². The molecule has 4 N–H and O–H groups in total. The average Bonchev–Trinajstić information content (AvgIpc) is 3.52. The Morgan fingerprint density at radius 2 is 1.74 bits per heavy atom. The van der Waals surface area contributed by atoms with Gasteiger partial charge in [0.25, 0.3) is 5.91 Å².